The Morgan fingerprint density at radius 1 is 0.724 bits per heavy atom. The van der Waals surface area contributed by atoms with Crippen molar-refractivity contribution in [2.75, 3.05) is 0 Å². The second-order valence-corrected chi connectivity index (χ2v) is 8.66. The van der Waals surface area contributed by atoms with Gasteiger partial charge in [0.2, 0.25) is 0 Å². The molecule has 6 rings (SSSR count). The van der Waals surface area contributed by atoms with Crippen LogP contribution in [0.2, 0.25) is 0 Å². The Labute approximate surface area is 172 Å². The van der Waals surface area contributed by atoms with E-state index in [1.54, 1.807) is 11.3 Å². The van der Waals surface area contributed by atoms with E-state index >= 15 is 0 Å². The quantitative estimate of drug-likeness (QED) is 0.283. The van der Waals surface area contributed by atoms with E-state index in [9.17, 15) is 0 Å². The zero-order chi connectivity index (χ0) is 19.4. The van der Waals surface area contributed by atoms with Crippen LogP contribution in [0.25, 0.3) is 49.0 Å². The van der Waals surface area contributed by atoms with Crippen molar-refractivity contribution in [1.82, 2.24) is 9.38 Å². The van der Waals surface area contributed by atoms with Crippen molar-refractivity contribution in [3.8, 4) is 21.7 Å². The molecule has 6 aromatic rings. The standard InChI is InChI=1S/C26H18N2S/c1-17-11-14-25(29-17)23-16-28-24-13-12-19(18-7-3-2-4-8-18)15-22(24)20-9-5-6-10-21(20)26(28)27-23/h2-16H,1H3. The second-order valence-electron chi connectivity index (χ2n) is 7.37. The highest BCUT2D eigenvalue weighted by Gasteiger charge is 2.14. The lowest BCUT2D eigenvalue weighted by Gasteiger charge is -2.10. The minimum atomic E-state index is 1.02. The molecule has 0 aliphatic carbocycles. The van der Waals surface area contributed by atoms with Crippen LogP contribution in [0, 0.1) is 6.92 Å². The monoisotopic (exact) mass is 390 g/mol. The van der Waals surface area contributed by atoms with Gasteiger partial charge in [-0.2, -0.15) is 0 Å². The van der Waals surface area contributed by atoms with Crippen LogP contribution in [-0.4, -0.2) is 9.38 Å². The lowest BCUT2D eigenvalue weighted by molar-refractivity contribution is 1.27. The number of aromatic nitrogens is 2. The second kappa shape index (κ2) is 6.29. The molecule has 0 spiro atoms. The van der Waals surface area contributed by atoms with E-state index in [2.05, 4.69) is 102 Å². The minimum Gasteiger partial charge on any atom is -0.298 e. The number of imidazole rings is 1. The van der Waals surface area contributed by atoms with Gasteiger partial charge in [0.25, 0.3) is 0 Å². The van der Waals surface area contributed by atoms with Gasteiger partial charge in [-0.05, 0) is 47.7 Å². The number of hydrogen-bond acceptors (Lipinski definition) is 2. The van der Waals surface area contributed by atoms with Crippen molar-refractivity contribution in [1.29, 1.82) is 0 Å². The van der Waals surface area contributed by atoms with Gasteiger partial charge in [0, 0.05) is 21.8 Å². The Bertz CT molecular complexity index is 1510. The molecule has 138 valence electrons. The molecule has 3 heterocycles. The van der Waals surface area contributed by atoms with Gasteiger partial charge in [-0.25, -0.2) is 4.98 Å². The molecular weight excluding hydrogens is 372 g/mol. The number of aryl methyl sites for hydroxylation is 1. The molecule has 0 saturated heterocycles. The van der Waals surface area contributed by atoms with Gasteiger partial charge in [0.05, 0.1) is 16.1 Å². The minimum absolute atomic E-state index is 1.02. The highest BCUT2D eigenvalue weighted by atomic mass is 32.1. The molecular formula is C26H18N2S. The lowest BCUT2D eigenvalue weighted by Crippen LogP contribution is -1.91. The first-order valence-corrected chi connectivity index (χ1v) is 10.6. The van der Waals surface area contributed by atoms with E-state index in [1.807, 2.05) is 0 Å². The number of pyridine rings is 1. The largest absolute Gasteiger partial charge is 0.298 e. The first kappa shape index (κ1) is 16.5. The van der Waals surface area contributed by atoms with Crippen molar-refractivity contribution in [2.45, 2.75) is 6.92 Å². The van der Waals surface area contributed by atoms with Crippen LogP contribution in [-0.2, 0) is 0 Å². The summed E-state index contributed by atoms with van der Waals surface area (Å²) in [6, 6.07) is 30.2. The summed E-state index contributed by atoms with van der Waals surface area (Å²) in [7, 11) is 0. The summed E-state index contributed by atoms with van der Waals surface area (Å²) < 4.78 is 2.25. The van der Waals surface area contributed by atoms with E-state index in [1.165, 1.54) is 42.6 Å². The molecule has 0 fully saturated rings. The Balaban J connectivity index is 1.70. The maximum absolute atomic E-state index is 5.03. The molecule has 2 nitrogen and oxygen atoms in total. The van der Waals surface area contributed by atoms with Crippen LogP contribution >= 0.6 is 11.3 Å². The Morgan fingerprint density at radius 3 is 2.31 bits per heavy atom. The normalized spacial score (nSPS) is 11.6. The van der Waals surface area contributed by atoms with Gasteiger partial charge in [-0.3, -0.25) is 4.40 Å². The molecule has 3 heteroatoms. The van der Waals surface area contributed by atoms with E-state index in [0.717, 1.165) is 11.3 Å². The summed E-state index contributed by atoms with van der Waals surface area (Å²) in [5, 5.41) is 3.68. The van der Waals surface area contributed by atoms with Gasteiger partial charge in [0.1, 0.15) is 5.65 Å². The number of rotatable bonds is 2. The predicted molar refractivity (Wildman–Crippen MR) is 124 cm³/mol. The van der Waals surface area contributed by atoms with Crippen molar-refractivity contribution in [2.24, 2.45) is 0 Å². The third kappa shape index (κ3) is 2.59. The molecule has 0 atom stereocenters. The fourth-order valence-corrected chi connectivity index (χ4v) is 4.95. The van der Waals surface area contributed by atoms with Crippen LogP contribution in [0.3, 0.4) is 0 Å². The zero-order valence-electron chi connectivity index (χ0n) is 16.0. The van der Waals surface area contributed by atoms with Crippen LogP contribution < -0.4 is 0 Å². The zero-order valence-corrected chi connectivity index (χ0v) is 16.8. The molecule has 0 amide bonds. The van der Waals surface area contributed by atoms with Gasteiger partial charge >= 0.3 is 0 Å². The third-order valence-electron chi connectivity index (χ3n) is 5.52. The summed E-state index contributed by atoms with van der Waals surface area (Å²) in [4.78, 5) is 7.55. The number of thiophene rings is 1. The average molecular weight is 391 g/mol. The van der Waals surface area contributed by atoms with Crippen LogP contribution in [0.15, 0.2) is 91.1 Å². The Hall–Kier alpha value is -3.43. The Kier molecular flexibility index (Phi) is 3.58. The third-order valence-corrected chi connectivity index (χ3v) is 6.54. The molecule has 0 bridgehead atoms. The first-order valence-electron chi connectivity index (χ1n) is 9.74. The summed E-state index contributed by atoms with van der Waals surface area (Å²) >= 11 is 1.79. The summed E-state index contributed by atoms with van der Waals surface area (Å²) in [5.74, 6) is 0. The van der Waals surface area contributed by atoms with Crippen molar-refractivity contribution in [3.05, 3.63) is 96.0 Å². The molecule has 0 aliphatic heterocycles. The van der Waals surface area contributed by atoms with E-state index in [4.69, 9.17) is 4.98 Å². The number of fused-ring (bicyclic) bond motifs is 6. The van der Waals surface area contributed by atoms with E-state index in [-0.39, 0.29) is 0 Å². The SMILES string of the molecule is Cc1ccc(-c2cn3c4ccc(-c5ccccc5)cc4c4ccccc4c3n2)s1. The van der Waals surface area contributed by atoms with Crippen LogP contribution in [0.5, 0.6) is 0 Å². The first-order chi connectivity index (χ1) is 14.3. The van der Waals surface area contributed by atoms with Crippen molar-refractivity contribution >= 4 is 38.7 Å². The molecule has 0 unspecified atom stereocenters. The fourth-order valence-electron chi connectivity index (χ4n) is 4.13. The lowest BCUT2D eigenvalue weighted by atomic mass is 10.00. The highest BCUT2D eigenvalue weighted by Crippen LogP contribution is 2.35. The summed E-state index contributed by atoms with van der Waals surface area (Å²) in [6.07, 6.45) is 2.18. The maximum atomic E-state index is 5.03. The highest BCUT2D eigenvalue weighted by molar-refractivity contribution is 7.15. The maximum Gasteiger partial charge on any atom is 0.145 e. The van der Waals surface area contributed by atoms with Gasteiger partial charge < -0.3 is 0 Å². The van der Waals surface area contributed by atoms with Crippen LogP contribution in [0.1, 0.15) is 4.88 Å². The van der Waals surface area contributed by atoms with E-state index in [0.29, 0.717) is 0 Å². The van der Waals surface area contributed by atoms with Gasteiger partial charge in [-0.15, -0.1) is 11.3 Å². The molecule has 0 aliphatic rings. The van der Waals surface area contributed by atoms with Gasteiger partial charge in [0.15, 0.2) is 0 Å². The predicted octanol–water partition coefficient (Wildman–Crippen LogP) is 7.34. The summed E-state index contributed by atoms with van der Waals surface area (Å²) in [6.45, 7) is 2.14. The van der Waals surface area contributed by atoms with Crippen LogP contribution in [0.4, 0.5) is 0 Å². The van der Waals surface area contributed by atoms with Crippen molar-refractivity contribution < 1.29 is 0 Å². The molecule has 3 aromatic carbocycles. The Morgan fingerprint density at radius 2 is 1.52 bits per heavy atom. The average Bonchev–Trinajstić information content (AvgIpc) is 3.41. The molecule has 3 aromatic heterocycles. The number of benzene rings is 3. The molecule has 0 radical (unpaired) electrons. The smallest absolute Gasteiger partial charge is 0.145 e. The number of hydrogen-bond donors (Lipinski definition) is 0. The number of nitrogens with zero attached hydrogens (tertiary/aromatic N) is 2. The fraction of sp³-hybridized carbons (Fsp3) is 0.0385. The molecule has 0 N–H and O–H groups in total. The molecule has 0 saturated carbocycles. The van der Waals surface area contributed by atoms with E-state index < -0.39 is 0 Å². The molecule has 29 heavy (non-hydrogen) atoms. The van der Waals surface area contributed by atoms with Crippen molar-refractivity contribution in [3.63, 3.8) is 0 Å². The topological polar surface area (TPSA) is 17.3 Å². The summed E-state index contributed by atoms with van der Waals surface area (Å²) in [5.41, 5.74) is 5.70. The van der Waals surface area contributed by atoms with Gasteiger partial charge in [-0.1, -0.05) is 60.7 Å².